The fourth-order valence-corrected chi connectivity index (χ4v) is 1.60. The summed E-state index contributed by atoms with van der Waals surface area (Å²) in [7, 11) is 0. The summed E-state index contributed by atoms with van der Waals surface area (Å²) in [4.78, 5) is 33.5. The van der Waals surface area contributed by atoms with Gasteiger partial charge in [0.25, 0.3) is 0 Å². The molecule has 0 aliphatic rings. The number of Topliss-reactive ketones (excluding diaryl/α,β-unsaturated/α-hetero) is 1. The van der Waals surface area contributed by atoms with E-state index in [4.69, 9.17) is 15.9 Å². The molecule has 0 heterocycles. The quantitative estimate of drug-likeness (QED) is 0.537. The Labute approximate surface area is 115 Å². The second-order valence-electron chi connectivity index (χ2n) is 4.32. The number of carbonyl (C=O) groups is 3. The number of ketones is 1. The number of nitrogens with two attached hydrogens (primary N) is 1. The van der Waals surface area contributed by atoms with Crippen LogP contribution in [0.1, 0.15) is 23.7 Å². The molecular weight excluding hydrogens is 264 g/mol. The normalized spacial score (nSPS) is 13.3. The van der Waals surface area contributed by atoms with E-state index in [1.807, 2.05) is 0 Å². The zero-order chi connectivity index (χ0) is 15.3. The van der Waals surface area contributed by atoms with Crippen molar-refractivity contribution < 1.29 is 24.6 Å². The molecule has 0 spiro atoms. The highest BCUT2D eigenvalue weighted by Crippen LogP contribution is 2.18. The van der Waals surface area contributed by atoms with Crippen LogP contribution < -0.4 is 11.1 Å². The molecule has 7 heteroatoms. The molecule has 0 saturated carbocycles. The lowest BCUT2D eigenvalue weighted by atomic mass is 10.0. The van der Waals surface area contributed by atoms with Gasteiger partial charge in [-0.05, 0) is 19.1 Å². The molecule has 0 aliphatic carbocycles. The monoisotopic (exact) mass is 280 g/mol. The summed E-state index contributed by atoms with van der Waals surface area (Å²) < 4.78 is 0. The Hall–Kier alpha value is -2.41. The van der Waals surface area contributed by atoms with Gasteiger partial charge in [0.05, 0.1) is 12.5 Å². The van der Waals surface area contributed by atoms with E-state index in [1.54, 1.807) is 18.2 Å². The fourth-order valence-electron chi connectivity index (χ4n) is 1.60. The van der Waals surface area contributed by atoms with Crippen molar-refractivity contribution in [2.75, 3.05) is 5.32 Å². The minimum absolute atomic E-state index is 0.175. The van der Waals surface area contributed by atoms with E-state index in [0.29, 0.717) is 5.69 Å². The number of nitrogens with one attached hydrogen (secondary N) is 1. The zero-order valence-corrected chi connectivity index (χ0v) is 10.9. The third-order valence-electron chi connectivity index (χ3n) is 2.67. The third-order valence-corrected chi connectivity index (χ3v) is 2.67. The van der Waals surface area contributed by atoms with Gasteiger partial charge in [0, 0.05) is 11.3 Å². The summed E-state index contributed by atoms with van der Waals surface area (Å²) >= 11 is 0. The minimum atomic E-state index is -1.17. The molecule has 108 valence electrons. The molecule has 0 aromatic heterocycles. The number of carboxylic acid groups (broad SMARTS) is 2. The van der Waals surface area contributed by atoms with Crippen LogP contribution in [0.5, 0.6) is 0 Å². The van der Waals surface area contributed by atoms with Gasteiger partial charge in [0.15, 0.2) is 5.78 Å². The SMILES string of the molecule is CC(Nc1ccccc1C(=O)C(N)CC(=O)O)C(=O)O. The lowest BCUT2D eigenvalue weighted by Gasteiger charge is -2.16. The number of benzene rings is 1. The maximum Gasteiger partial charge on any atom is 0.325 e. The van der Waals surface area contributed by atoms with E-state index < -0.39 is 36.2 Å². The van der Waals surface area contributed by atoms with E-state index >= 15 is 0 Å². The summed E-state index contributed by atoms with van der Waals surface area (Å²) in [6.45, 7) is 1.43. The number of carbonyl (C=O) groups excluding carboxylic acids is 1. The van der Waals surface area contributed by atoms with Crippen molar-refractivity contribution in [3.05, 3.63) is 29.8 Å². The maximum atomic E-state index is 12.1. The van der Waals surface area contributed by atoms with Crippen molar-refractivity contribution in [1.29, 1.82) is 0 Å². The van der Waals surface area contributed by atoms with Gasteiger partial charge in [-0.3, -0.25) is 14.4 Å². The average Bonchev–Trinajstić information content (AvgIpc) is 2.37. The molecule has 0 amide bonds. The molecule has 0 radical (unpaired) electrons. The smallest absolute Gasteiger partial charge is 0.325 e. The predicted octanol–water partition coefficient (Wildman–Crippen LogP) is 0.556. The first kappa shape index (κ1) is 15.6. The molecule has 1 rings (SSSR count). The van der Waals surface area contributed by atoms with E-state index in [2.05, 4.69) is 5.32 Å². The van der Waals surface area contributed by atoms with Crippen LogP contribution in [0.2, 0.25) is 0 Å². The summed E-state index contributed by atoms with van der Waals surface area (Å²) in [6, 6.07) is 4.18. The third kappa shape index (κ3) is 4.06. The standard InChI is InChI=1S/C13H16N2O5/c1-7(13(19)20)15-10-5-3-2-4-8(10)12(18)9(14)6-11(16)17/h2-5,7,9,15H,6,14H2,1H3,(H,16,17)(H,19,20). The number of aliphatic carboxylic acids is 2. The number of hydrogen-bond acceptors (Lipinski definition) is 5. The van der Waals surface area contributed by atoms with Gasteiger partial charge in [-0.1, -0.05) is 12.1 Å². The van der Waals surface area contributed by atoms with E-state index in [1.165, 1.54) is 13.0 Å². The van der Waals surface area contributed by atoms with Gasteiger partial charge < -0.3 is 21.3 Å². The second kappa shape index (κ2) is 6.67. The highest BCUT2D eigenvalue weighted by molar-refractivity contribution is 6.06. The summed E-state index contributed by atoms with van der Waals surface area (Å²) in [6.07, 6.45) is -0.484. The van der Waals surface area contributed by atoms with Crippen LogP contribution in [-0.4, -0.2) is 40.0 Å². The molecule has 1 aromatic rings. The first-order valence-electron chi connectivity index (χ1n) is 5.93. The van der Waals surface area contributed by atoms with Crippen LogP contribution in [0, 0.1) is 0 Å². The predicted molar refractivity (Wildman–Crippen MR) is 71.7 cm³/mol. The van der Waals surface area contributed by atoms with Gasteiger partial charge >= 0.3 is 11.9 Å². The molecular formula is C13H16N2O5. The lowest BCUT2D eigenvalue weighted by molar-refractivity contribution is -0.138. The highest BCUT2D eigenvalue weighted by atomic mass is 16.4. The average molecular weight is 280 g/mol. The number of carboxylic acids is 2. The van der Waals surface area contributed by atoms with E-state index in [0.717, 1.165) is 0 Å². The van der Waals surface area contributed by atoms with Crippen molar-refractivity contribution in [3.63, 3.8) is 0 Å². The summed E-state index contributed by atoms with van der Waals surface area (Å²) in [5.74, 6) is -2.79. The number of anilines is 1. The molecule has 7 nitrogen and oxygen atoms in total. The first-order chi connectivity index (χ1) is 9.32. The van der Waals surface area contributed by atoms with Gasteiger partial charge in [-0.15, -0.1) is 0 Å². The molecule has 5 N–H and O–H groups in total. The molecule has 0 bridgehead atoms. The van der Waals surface area contributed by atoms with Crippen LogP contribution in [0.4, 0.5) is 5.69 Å². The van der Waals surface area contributed by atoms with Gasteiger partial charge in [-0.25, -0.2) is 0 Å². The molecule has 0 saturated heterocycles. The number of rotatable bonds is 7. The molecule has 0 aliphatic heterocycles. The molecule has 0 fully saturated rings. The van der Waals surface area contributed by atoms with Crippen molar-refractivity contribution in [3.8, 4) is 0 Å². The van der Waals surface area contributed by atoms with Crippen LogP contribution in [0.25, 0.3) is 0 Å². The van der Waals surface area contributed by atoms with Crippen LogP contribution >= 0.6 is 0 Å². The molecule has 1 aromatic carbocycles. The topological polar surface area (TPSA) is 130 Å². The van der Waals surface area contributed by atoms with Crippen molar-refractivity contribution >= 4 is 23.4 Å². The zero-order valence-electron chi connectivity index (χ0n) is 10.9. The molecule has 2 atom stereocenters. The Kier molecular flexibility index (Phi) is 5.22. The van der Waals surface area contributed by atoms with Gasteiger partial charge in [0.1, 0.15) is 6.04 Å². The highest BCUT2D eigenvalue weighted by Gasteiger charge is 2.22. The minimum Gasteiger partial charge on any atom is -0.481 e. The van der Waals surface area contributed by atoms with E-state index in [9.17, 15) is 14.4 Å². The van der Waals surface area contributed by atoms with E-state index in [-0.39, 0.29) is 5.56 Å². The van der Waals surface area contributed by atoms with Crippen LogP contribution in [-0.2, 0) is 9.59 Å². The largest absolute Gasteiger partial charge is 0.481 e. The van der Waals surface area contributed by atoms with Crippen LogP contribution in [0.3, 0.4) is 0 Å². The van der Waals surface area contributed by atoms with Gasteiger partial charge in [0.2, 0.25) is 0 Å². The fraction of sp³-hybridized carbons (Fsp3) is 0.308. The Balaban J connectivity index is 2.97. The maximum absolute atomic E-state index is 12.1. The lowest BCUT2D eigenvalue weighted by Crippen LogP contribution is -2.34. The Morgan fingerprint density at radius 3 is 2.40 bits per heavy atom. The summed E-state index contributed by atoms with van der Waals surface area (Å²) in [5.41, 5.74) is 6.02. The molecule has 2 unspecified atom stereocenters. The Morgan fingerprint density at radius 2 is 1.85 bits per heavy atom. The Bertz CT molecular complexity index is 529. The first-order valence-corrected chi connectivity index (χ1v) is 5.93. The van der Waals surface area contributed by atoms with Crippen molar-refractivity contribution in [1.82, 2.24) is 0 Å². The van der Waals surface area contributed by atoms with Crippen molar-refractivity contribution in [2.45, 2.75) is 25.4 Å². The Morgan fingerprint density at radius 1 is 1.25 bits per heavy atom. The second-order valence-corrected chi connectivity index (χ2v) is 4.32. The van der Waals surface area contributed by atoms with Crippen LogP contribution in [0.15, 0.2) is 24.3 Å². The number of para-hydroxylation sites is 1. The van der Waals surface area contributed by atoms with Crippen molar-refractivity contribution in [2.24, 2.45) is 5.73 Å². The summed E-state index contributed by atoms with van der Waals surface area (Å²) in [5, 5.41) is 20.2. The number of hydrogen-bond donors (Lipinski definition) is 4. The van der Waals surface area contributed by atoms with Gasteiger partial charge in [-0.2, -0.15) is 0 Å². The molecule has 20 heavy (non-hydrogen) atoms.